The molecule has 1 N–H and O–H groups in total. The molecular formula is C25H34N2O2. The second-order valence-corrected chi connectivity index (χ2v) is 9.79. The summed E-state index contributed by atoms with van der Waals surface area (Å²) in [6.45, 7) is 0. The molecule has 4 aliphatic rings. The van der Waals surface area contributed by atoms with Gasteiger partial charge in [0, 0.05) is 17.6 Å². The van der Waals surface area contributed by atoms with Crippen LogP contribution in [0, 0.1) is 0 Å². The number of hydrogen-bond donors (Lipinski definition) is 1. The van der Waals surface area contributed by atoms with Crippen LogP contribution in [0.2, 0.25) is 0 Å². The maximum atomic E-state index is 13.8. The number of amides is 2. The third-order valence-corrected chi connectivity index (χ3v) is 8.11. The van der Waals surface area contributed by atoms with Crippen molar-refractivity contribution in [1.29, 1.82) is 0 Å². The average Bonchev–Trinajstić information content (AvgIpc) is 3.43. The Bertz CT molecular complexity index is 771. The lowest BCUT2D eigenvalue weighted by Crippen LogP contribution is -2.65. The number of benzene rings is 1. The van der Waals surface area contributed by atoms with Gasteiger partial charge in [0.1, 0.15) is 0 Å². The predicted octanol–water partition coefficient (Wildman–Crippen LogP) is 4.93. The van der Waals surface area contributed by atoms with Gasteiger partial charge in [0.2, 0.25) is 5.91 Å². The summed E-state index contributed by atoms with van der Waals surface area (Å²) in [7, 11) is 0. The van der Waals surface area contributed by atoms with E-state index in [4.69, 9.17) is 0 Å². The monoisotopic (exact) mass is 394 g/mol. The zero-order chi connectivity index (χ0) is 19.8. The van der Waals surface area contributed by atoms with Gasteiger partial charge >= 0.3 is 0 Å². The first kappa shape index (κ1) is 19.1. The summed E-state index contributed by atoms with van der Waals surface area (Å²) < 4.78 is 0. The number of fused-ring (bicyclic) bond motifs is 1. The van der Waals surface area contributed by atoms with Gasteiger partial charge in [0.05, 0.1) is 11.5 Å². The lowest BCUT2D eigenvalue weighted by Gasteiger charge is -2.56. The van der Waals surface area contributed by atoms with Crippen molar-refractivity contribution in [3.8, 4) is 0 Å². The normalized spacial score (nSPS) is 27.4. The van der Waals surface area contributed by atoms with Crippen LogP contribution in [0.25, 0.3) is 0 Å². The van der Waals surface area contributed by atoms with Crippen LogP contribution in [-0.2, 0) is 4.79 Å². The van der Waals surface area contributed by atoms with E-state index in [1.54, 1.807) is 0 Å². The van der Waals surface area contributed by atoms with E-state index in [9.17, 15) is 9.59 Å². The quantitative estimate of drug-likeness (QED) is 0.790. The fraction of sp³-hybridized carbons (Fsp3) is 0.680. The van der Waals surface area contributed by atoms with Crippen LogP contribution in [0.5, 0.6) is 0 Å². The minimum absolute atomic E-state index is 0.168. The zero-order valence-electron chi connectivity index (χ0n) is 17.5. The molecule has 3 fully saturated rings. The molecule has 4 nitrogen and oxygen atoms in total. The maximum absolute atomic E-state index is 13.8. The third kappa shape index (κ3) is 3.19. The van der Waals surface area contributed by atoms with E-state index in [1.165, 1.54) is 32.1 Å². The molecule has 0 bridgehead atoms. The molecule has 0 saturated heterocycles. The van der Waals surface area contributed by atoms with E-state index in [0.717, 1.165) is 62.5 Å². The molecule has 1 heterocycles. The molecule has 3 aliphatic carbocycles. The molecule has 2 amide bonds. The van der Waals surface area contributed by atoms with Crippen molar-refractivity contribution in [2.24, 2.45) is 0 Å². The van der Waals surface area contributed by atoms with Crippen molar-refractivity contribution in [3.05, 3.63) is 35.4 Å². The van der Waals surface area contributed by atoms with Gasteiger partial charge in [-0.1, -0.05) is 63.1 Å². The summed E-state index contributed by atoms with van der Waals surface area (Å²) >= 11 is 0. The van der Waals surface area contributed by atoms with Gasteiger partial charge in [-0.25, -0.2) is 0 Å². The molecule has 156 valence electrons. The van der Waals surface area contributed by atoms with Gasteiger partial charge in [-0.15, -0.1) is 0 Å². The molecular weight excluding hydrogens is 360 g/mol. The minimum Gasteiger partial charge on any atom is -0.353 e. The Balaban J connectivity index is 1.60. The van der Waals surface area contributed by atoms with Gasteiger partial charge in [-0.3, -0.25) is 9.59 Å². The fourth-order valence-electron chi connectivity index (χ4n) is 6.83. The lowest BCUT2D eigenvalue weighted by molar-refractivity contribution is -0.128. The summed E-state index contributed by atoms with van der Waals surface area (Å²) in [6, 6.07) is 8.57. The van der Waals surface area contributed by atoms with E-state index < -0.39 is 0 Å². The number of hydrogen-bond acceptors (Lipinski definition) is 2. The highest BCUT2D eigenvalue weighted by atomic mass is 16.2. The summed E-state index contributed by atoms with van der Waals surface area (Å²) in [5.41, 5.74) is 1.41. The molecule has 3 saturated carbocycles. The molecule has 0 aromatic heterocycles. The van der Waals surface area contributed by atoms with Crippen LogP contribution in [0.1, 0.15) is 105 Å². The maximum Gasteiger partial charge on any atom is 0.254 e. The van der Waals surface area contributed by atoms with E-state index in [-0.39, 0.29) is 23.3 Å². The first-order valence-electron chi connectivity index (χ1n) is 11.9. The molecule has 1 aromatic rings. The van der Waals surface area contributed by atoms with Gasteiger partial charge in [0.25, 0.3) is 5.91 Å². The van der Waals surface area contributed by atoms with Crippen molar-refractivity contribution in [1.82, 2.24) is 10.2 Å². The Labute approximate surface area is 174 Å². The third-order valence-electron chi connectivity index (χ3n) is 8.11. The number of carbonyl (C=O) groups excluding carboxylic acids is 2. The Morgan fingerprint density at radius 1 is 0.897 bits per heavy atom. The lowest BCUT2D eigenvalue weighted by atomic mass is 9.64. The molecule has 5 rings (SSSR count). The molecule has 4 heteroatoms. The number of rotatable bonds is 3. The van der Waals surface area contributed by atoms with E-state index in [2.05, 4.69) is 16.3 Å². The standard InChI is InChI=1S/C25H34N2O2/c28-23(26-18-10-2-3-11-18)22-20-14-6-7-15-21(20)24(29)27(19-12-4-5-13-19)25(22)16-8-1-9-17-25/h6-7,14-15,18-19,22H,1-5,8-13,16-17H2,(H,26,28). The molecule has 1 aromatic carbocycles. The first-order chi connectivity index (χ1) is 14.2. The summed E-state index contributed by atoms with van der Waals surface area (Å²) in [4.78, 5) is 29.8. The molecule has 1 unspecified atom stereocenters. The van der Waals surface area contributed by atoms with Crippen molar-refractivity contribution >= 4 is 11.8 Å². The van der Waals surface area contributed by atoms with Crippen LogP contribution in [0.15, 0.2) is 24.3 Å². The van der Waals surface area contributed by atoms with Crippen molar-refractivity contribution in [2.45, 2.75) is 107 Å². The predicted molar refractivity (Wildman–Crippen MR) is 114 cm³/mol. The second kappa shape index (κ2) is 7.77. The smallest absolute Gasteiger partial charge is 0.254 e. The molecule has 1 spiro atoms. The van der Waals surface area contributed by atoms with Crippen LogP contribution in [0.4, 0.5) is 0 Å². The highest BCUT2D eigenvalue weighted by molar-refractivity contribution is 6.02. The fourth-order valence-corrected chi connectivity index (χ4v) is 6.83. The van der Waals surface area contributed by atoms with Crippen molar-refractivity contribution in [2.75, 3.05) is 0 Å². The van der Waals surface area contributed by atoms with Gasteiger partial charge in [0.15, 0.2) is 0 Å². The average molecular weight is 395 g/mol. The highest BCUT2D eigenvalue weighted by Crippen LogP contribution is 2.51. The van der Waals surface area contributed by atoms with Gasteiger partial charge < -0.3 is 10.2 Å². The molecule has 0 radical (unpaired) electrons. The van der Waals surface area contributed by atoms with Crippen molar-refractivity contribution < 1.29 is 9.59 Å². The molecule has 1 atom stereocenters. The topological polar surface area (TPSA) is 49.4 Å². The van der Waals surface area contributed by atoms with E-state index in [0.29, 0.717) is 12.1 Å². The Kier molecular flexibility index (Phi) is 5.13. The minimum atomic E-state index is -0.332. The Morgan fingerprint density at radius 2 is 1.55 bits per heavy atom. The van der Waals surface area contributed by atoms with E-state index in [1.807, 2.05) is 18.2 Å². The Morgan fingerprint density at radius 3 is 2.28 bits per heavy atom. The van der Waals surface area contributed by atoms with Gasteiger partial charge in [-0.2, -0.15) is 0 Å². The number of nitrogens with zero attached hydrogens (tertiary/aromatic N) is 1. The summed E-state index contributed by atoms with van der Waals surface area (Å²) in [5, 5.41) is 3.41. The number of nitrogens with one attached hydrogen (secondary N) is 1. The summed E-state index contributed by atoms with van der Waals surface area (Å²) in [5.74, 6) is 0.124. The highest BCUT2D eigenvalue weighted by Gasteiger charge is 2.56. The number of carbonyl (C=O) groups is 2. The molecule has 29 heavy (non-hydrogen) atoms. The first-order valence-corrected chi connectivity index (χ1v) is 11.9. The SMILES string of the molecule is O=C(NC1CCCC1)C1c2ccccc2C(=O)N(C2CCCC2)C12CCCCC2. The van der Waals surface area contributed by atoms with Gasteiger partial charge in [-0.05, 0) is 50.2 Å². The van der Waals surface area contributed by atoms with Crippen LogP contribution >= 0.6 is 0 Å². The van der Waals surface area contributed by atoms with Crippen LogP contribution in [-0.4, -0.2) is 34.3 Å². The van der Waals surface area contributed by atoms with Crippen LogP contribution < -0.4 is 5.32 Å². The zero-order valence-corrected chi connectivity index (χ0v) is 17.5. The largest absolute Gasteiger partial charge is 0.353 e. The second-order valence-electron chi connectivity index (χ2n) is 9.79. The Hall–Kier alpha value is -1.84. The van der Waals surface area contributed by atoms with Crippen LogP contribution in [0.3, 0.4) is 0 Å². The molecule has 1 aliphatic heterocycles. The van der Waals surface area contributed by atoms with Crippen molar-refractivity contribution in [3.63, 3.8) is 0 Å². The van der Waals surface area contributed by atoms with E-state index >= 15 is 0 Å². The summed E-state index contributed by atoms with van der Waals surface area (Å²) in [6.07, 6.45) is 14.6.